The van der Waals surface area contributed by atoms with Gasteiger partial charge >= 0.3 is 11.9 Å². The lowest BCUT2D eigenvalue weighted by Gasteiger charge is -2.08. The maximum atomic E-state index is 13.6. The van der Waals surface area contributed by atoms with E-state index in [-0.39, 0.29) is 11.7 Å². The summed E-state index contributed by atoms with van der Waals surface area (Å²) in [4.78, 5) is 23.1. The number of unbranched alkanes of at least 4 members (excludes halogenated alkanes) is 7. The van der Waals surface area contributed by atoms with Crippen LogP contribution in [0.4, 0.5) is 4.39 Å². The normalized spacial score (nSPS) is 10.5. The van der Waals surface area contributed by atoms with E-state index in [0.717, 1.165) is 32.1 Å². The Bertz CT molecular complexity index is 892. The van der Waals surface area contributed by atoms with E-state index in [1.54, 1.807) is 43.3 Å². The van der Waals surface area contributed by atoms with Gasteiger partial charge in [-0.25, -0.2) is 14.0 Å². The molecule has 0 amide bonds. The first-order valence-electron chi connectivity index (χ1n) is 11.5. The fourth-order valence-electron chi connectivity index (χ4n) is 3.18. The van der Waals surface area contributed by atoms with E-state index >= 15 is 0 Å². The van der Waals surface area contributed by atoms with E-state index in [1.807, 2.05) is 0 Å². The number of carbonyl (C=O) groups excluding carboxylic acids is 2. The van der Waals surface area contributed by atoms with Gasteiger partial charge in [0.2, 0.25) is 0 Å². The summed E-state index contributed by atoms with van der Waals surface area (Å²) >= 11 is 0. The molecule has 0 aliphatic heterocycles. The molecule has 0 radical (unpaired) electrons. The van der Waals surface area contributed by atoms with Crippen molar-refractivity contribution < 1.29 is 28.2 Å². The van der Waals surface area contributed by atoms with Crippen LogP contribution >= 0.6 is 0 Å². The van der Waals surface area contributed by atoms with Gasteiger partial charge < -0.3 is 14.2 Å². The van der Waals surface area contributed by atoms with Crippen molar-refractivity contribution in [1.82, 2.24) is 0 Å². The minimum atomic E-state index is -0.539. The molecule has 0 heterocycles. The number of rotatable bonds is 15. The maximum absolute atomic E-state index is 13.6. The maximum Gasteiger partial charge on any atom is 0.343 e. The van der Waals surface area contributed by atoms with Crippen LogP contribution in [0.15, 0.2) is 55.1 Å². The summed E-state index contributed by atoms with van der Waals surface area (Å²) in [5.74, 6) is -0.426. The van der Waals surface area contributed by atoms with Crippen LogP contribution in [0, 0.1) is 12.7 Å². The fourth-order valence-corrected chi connectivity index (χ4v) is 3.18. The first-order valence-corrected chi connectivity index (χ1v) is 11.5. The minimum absolute atomic E-state index is 0.178. The van der Waals surface area contributed by atoms with E-state index < -0.39 is 11.8 Å². The number of ether oxygens (including phenoxy) is 3. The Morgan fingerprint density at radius 1 is 0.848 bits per heavy atom. The van der Waals surface area contributed by atoms with Crippen molar-refractivity contribution in [2.45, 2.75) is 58.3 Å². The van der Waals surface area contributed by atoms with E-state index in [9.17, 15) is 14.0 Å². The zero-order valence-electron chi connectivity index (χ0n) is 19.3. The molecule has 33 heavy (non-hydrogen) atoms. The van der Waals surface area contributed by atoms with E-state index in [4.69, 9.17) is 14.2 Å². The van der Waals surface area contributed by atoms with Crippen molar-refractivity contribution >= 4 is 11.9 Å². The second-order valence-corrected chi connectivity index (χ2v) is 7.87. The van der Waals surface area contributed by atoms with Crippen molar-refractivity contribution in [2.75, 3.05) is 13.2 Å². The number of esters is 2. The zero-order chi connectivity index (χ0) is 23.9. The Morgan fingerprint density at radius 3 is 2.03 bits per heavy atom. The van der Waals surface area contributed by atoms with Crippen LogP contribution in [-0.4, -0.2) is 25.2 Å². The Labute approximate surface area is 195 Å². The molecule has 0 unspecified atom stereocenters. The van der Waals surface area contributed by atoms with Crippen LogP contribution in [0.3, 0.4) is 0 Å². The number of benzene rings is 2. The molecular weight excluding hydrogens is 423 g/mol. The topological polar surface area (TPSA) is 61.8 Å². The summed E-state index contributed by atoms with van der Waals surface area (Å²) in [7, 11) is 0. The van der Waals surface area contributed by atoms with Gasteiger partial charge in [0.25, 0.3) is 0 Å². The highest BCUT2D eigenvalue weighted by atomic mass is 19.1. The average molecular weight is 457 g/mol. The summed E-state index contributed by atoms with van der Waals surface area (Å²) in [5.41, 5.74) is 0.874. The monoisotopic (exact) mass is 456 g/mol. The number of carbonyl (C=O) groups is 2. The molecule has 2 rings (SSSR count). The predicted molar refractivity (Wildman–Crippen MR) is 126 cm³/mol. The fraction of sp³-hybridized carbons (Fsp3) is 0.407. The van der Waals surface area contributed by atoms with Gasteiger partial charge in [0.05, 0.1) is 18.8 Å². The van der Waals surface area contributed by atoms with Crippen molar-refractivity contribution in [3.8, 4) is 11.5 Å². The highest BCUT2D eigenvalue weighted by Gasteiger charge is 2.10. The number of hydrogen-bond acceptors (Lipinski definition) is 5. The summed E-state index contributed by atoms with van der Waals surface area (Å²) in [6.45, 7) is 6.11. The second-order valence-electron chi connectivity index (χ2n) is 7.87. The Hall–Kier alpha value is -3.15. The van der Waals surface area contributed by atoms with Crippen LogP contribution in [0.25, 0.3) is 0 Å². The third-order valence-electron chi connectivity index (χ3n) is 5.16. The number of halogens is 1. The van der Waals surface area contributed by atoms with Crippen LogP contribution in [0.5, 0.6) is 11.5 Å². The molecule has 0 atom stereocenters. The zero-order valence-corrected chi connectivity index (χ0v) is 19.3. The molecule has 0 aliphatic carbocycles. The molecule has 0 aromatic heterocycles. The quantitative estimate of drug-likeness (QED) is 0.131. The first-order chi connectivity index (χ1) is 16.0. The Kier molecular flexibility index (Phi) is 11.7. The third kappa shape index (κ3) is 10.3. The van der Waals surface area contributed by atoms with Crippen LogP contribution in [-0.2, 0) is 9.53 Å². The van der Waals surface area contributed by atoms with E-state index in [2.05, 4.69) is 6.58 Å². The smallest absolute Gasteiger partial charge is 0.343 e. The highest BCUT2D eigenvalue weighted by molar-refractivity contribution is 5.91. The summed E-state index contributed by atoms with van der Waals surface area (Å²) < 4.78 is 29.5. The molecule has 0 saturated carbocycles. The van der Waals surface area contributed by atoms with Crippen LogP contribution in [0.2, 0.25) is 0 Å². The van der Waals surface area contributed by atoms with Crippen molar-refractivity contribution in [3.05, 3.63) is 72.1 Å². The summed E-state index contributed by atoms with van der Waals surface area (Å²) in [6.07, 6.45) is 9.92. The van der Waals surface area contributed by atoms with Gasteiger partial charge in [0.15, 0.2) is 0 Å². The lowest BCUT2D eigenvalue weighted by Crippen LogP contribution is -2.08. The van der Waals surface area contributed by atoms with Gasteiger partial charge in [0, 0.05) is 12.1 Å². The lowest BCUT2D eigenvalue weighted by atomic mass is 10.1. The summed E-state index contributed by atoms with van der Waals surface area (Å²) in [6, 6.07) is 11.1. The van der Waals surface area contributed by atoms with Gasteiger partial charge in [-0.15, -0.1) is 0 Å². The number of hydrogen-bond donors (Lipinski definition) is 0. The molecule has 6 heteroatoms. The minimum Gasteiger partial charge on any atom is -0.494 e. The molecule has 0 N–H and O–H groups in total. The molecule has 2 aromatic rings. The van der Waals surface area contributed by atoms with Gasteiger partial charge in [0.1, 0.15) is 17.3 Å². The van der Waals surface area contributed by atoms with Crippen molar-refractivity contribution in [1.29, 1.82) is 0 Å². The molecule has 0 bridgehead atoms. The standard InChI is InChI=1S/C27H33FO5/c1-3-26(29)32-19-11-9-7-5-4-6-8-10-18-31-23-16-13-22(14-17-23)27(30)33-24-15-12-21(2)25(28)20-24/h3,12-17,20H,1,4-11,18-19H2,2H3. The van der Waals surface area contributed by atoms with E-state index in [0.29, 0.717) is 30.1 Å². The van der Waals surface area contributed by atoms with Crippen molar-refractivity contribution in [2.24, 2.45) is 0 Å². The highest BCUT2D eigenvalue weighted by Crippen LogP contribution is 2.19. The molecule has 0 aliphatic rings. The van der Waals surface area contributed by atoms with Crippen LogP contribution < -0.4 is 9.47 Å². The van der Waals surface area contributed by atoms with Crippen molar-refractivity contribution in [3.63, 3.8) is 0 Å². The molecule has 0 spiro atoms. The molecule has 5 nitrogen and oxygen atoms in total. The molecule has 0 saturated heterocycles. The largest absolute Gasteiger partial charge is 0.494 e. The average Bonchev–Trinajstić information content (AvgIpc) is 2.82. The SMILES string of the molecule is C=CC(=O)OCCCCCCCCCCOc1ccc(C(=O)Oc2ccc(C)c(F)c2)cc1. The Morgan fingerprint density at radius 2 is 1.42 bits per heavy atom. The Balaban J connectivity index is 1.53. The van der Waals surface area contributed by atoms with E-state index in [1.165, 1.54) is 31.4 Å². The summed E-state index contributed by atoms with van der Waals surface area (Å²) in [5, 5.41) is 0. The van der Waals surface area contributed by atoms with Gasteiger partial charge in [-0.2, -0.15) is 0 Å². The van der Waals surface area contributed by atoms with Gasteiger partial charge in [-0.1, -0.05) is 51.2 Å². The van der Waals surface area contributed by atoms with Gasteiger partial charge in [-0.05, 0) is 55.7 Å². The first kappa shape index (κ1) is 26.1. The molecule has 0 fully saturated rings. The second kappa shape index (κ2) is 14.8. The van der Waals surface area contributed by atoms with Crippen LogP contribution in [0.1, 0.15) is 67.3 Å². The predicted octanol–water partition coefficient (Wildman–Crippen LogP) is 6.58. The molecule has 178 valence electrons. The van der Waals surface area contributed by atoms with Gasteiger partial charge in [-0.3, -0.25) is 0 Å². The molecule has 2 aromatic carbocycles. The molecular formula is C27H33FO5. The third-order valence-corrected chi connectivity index (χ3v) is 5.16. The lowest BCUT2D eigenvalue weighted by molar-refractivity contribution is -0.137. The number of aryl methyl sites for hydroxylation is 1.